The minimum atomic E-state index is -0.795. The van der Waals surface area contributed by atoms with Crippen molar-refractivity contribution in [1.29, 1.82) is 0 Å². The van der Waals surface area contributed by atoms with E-state index in [-0.39, 0.29) is 35.7 Å². The fourth-order valence-electron chi connectivity index (χ4n) is 7.90. The second kappa shape index (κ2) is 20.4. The van der Waals surface area contributed by atoms with E-state index in [2.05, 4.69) is 38.3 Å². The maximum atomic E-state index is 13.8. The predicted molar refractivity (Wildman–Crippen MR) is 247 cm³/mol. The molecule has 340 valence electrons. The fraction of sp³-hybridized carbons (Fsp3) is 0.500. The molecule has 4 atom stereocenters. The second-order valence-electron chi connectivity index (χ2n) is 19.2. The summed E-state index contributed by atoms with van der Waals surface area (Å²) in [4.78, 5) is 88.2. The molecule has 2 aliphatic heterocycles. The minimum Gasteiger partial charge on any atom is -0.363 e. The van der Waals surface area contributed by atoms with Gasteiger partial charge in [0.05, 0.1) is 0 Å². The minimum absolute atomic E-state index is 0.264. The Morgan fingerprint density at radius 2 is 0.937 bits per heavy atom. The molecular weight excluding hydrogens is 799 g/mol. The van der Waals surface area contributed by atoms with Crippen LogP contribution >= 0.6 is 0 Å². The van der Waals surface area contributed by atoms with Crippen molar-refractivity contribution >= 4 is 52.8 Å². The highest BCUT2D eigenvalue weighted by Gasteiger charge is 2.43. The third-order valence-electron chi connectivity index (χ3n) is 11.6. The Morgan fingerprint density at radius 3 is 1.27 bits per heavy atom. The Labute approximate surface area is 372 Å². The van der Waals surface area contributed by atoms with Gasteiger partial charge in [-0.05, 0) is 84.0 Å². The summed E-state index contributed by atoms with van der Waals surface area (Å²) >= 11 is 0. The largest absolute Gasteiger partial charge is 0.363 e. The number of rotatable bonds is 13. The van der Waals surface area contributed by atoms with Crippen LogP contribution in [0.1, 0.15) is 78.4 Å². The molecule has 0 aliphatic carbocycles. The Hall–Kier alpha value is -6.12. The highest BCUT2D eigenvalue weighted by molar-refractivity contribution is 6.00. The Morgan fingerprint density at radius 1 is 0.571 bits per heavy atom. The number of amides is 8. The van der Waals surface area contributed by atoms with E-state index in [4.69, 9.17) is 0 Å². The Bertz CT molecular complexity index is 1950. The molecule has 2 aliphatic rings. The average Bonchev–Trinajstić information content (AvgIpc) is 3.93. The van der Waals surface area contributed by atoms with Crippen LogP contribution in [0.2, 0.25) is 0 Å². The van der Waals surface area contributed by atoms with Crippen molar-refractivity contribution in [1.82, 2.24) is 30.2 Å². The molecule has 2 heterocycles. The lowest BCUT2D eigenvalue weighted by Gasteiger charge is -2.36. The zero-order chi connectivity index (χ0) is 46.2. The first-order chi connectivity index (χ1) is 29.6. The number of hydrogen-bond acceptors (Lipinski definition) is 7. The van der Waals surface area contributed by atoms with Gasteiger partial charge in [0.25, 0.3) is 0 Å². The maximum absolute atomic E-state index is 13.8. The maximum Gasteiger partial charge on any atom is 0.317 e. The lowest BCUT2D eigenvalue weighted by atomic mass is 9.85. The third-order valence-corrected chi connectivity index (χ3v) is 11.6. The normalized spacial score (nSPS) is 17.3. The van der Waals surface area contributed by atoms with Crippen LogP contribution in [0, 0.1) is 10.8 Å². The van der Waals surface area contributed by atoms with Crippen molar-refractivity contribution in [2.45, 2.75) is 104 Å². The van der Waals surface area contributed by atoms with Crippen LogP contribution < -0.4 is 26.2 Å². The van der Waals surface area contributed by atoms with E-state index in [1.54, 1.807) is 38.0 Å². The van der Waals surface area contributed by atoms with Gasteiger partial charge in [0.1, 0.15) is 24.2 Å². The van der Waals surface area contributed by atoms with Crippen LogP contribution in [0.5, 0.6) is 0 Å². The standard InChI is InChI=1S/C48H67N9O6/c1-47(2,3)39(51-45(62)53(7)8)43(60)56-28-14-18-37(56)41(58)49-34-24-20-32(21-25-34)30-55(36-16-12-11-13-17-36)31-33-22-26-35(27-23-33)50-42(59)38-19-15-29-57(38)44(61)40(48(4,5)6)52-46(63)54(9)10/h11-13,16-17,20-27,37-40H,14-15,18-19,28-31H2,1-10H3,(H,49,58)(H,50,59)(H,51,62)(H,52,63)/t37-,38-,39+,40+/m0/s1. The summed E-state index contributed by atoms with van der Waals surface area (Å²) in [5.41, 5.74) is 3.18. The SMILES string of the molecule is CN(C)C(=O)N[C@H](C(=O)N1CCC[C@H]1C(=O)Nc1ccc(CN(Cc2ccc(NC(=O)[C@@H]3CCCN3C(=O)[C@@H](NC(=O)N(C)C)C(C)(C)C)cc2)c2ccccc2)cc1)C(C)(C)C. The molecule has 3 aromatic rings. The van der Waals surface area contributed by atoms with E-state index in [1.807, 2.05) is 108 Å². The van der Waals surface area contributed by atoms with E-state index >= 15 is 0 Å². The molecule has 0 bridgehead atoms. The monoisotopic (exact) mass is 866 g/mol. The molecule has 0 saturated carbocycles. The third kappa shape index (κ3) is 12.5. The number of nitrogens with zero attached hydrogens (tertiary/aromatic N) is 5. The van der Waals surface area contributed by atoms with E-state index in [0.29, 0.717) is 63.2 Å². The van der Waals surface area contributed by atoms with Crippen LogP contribution in [0.25, 0.3) is 0 Å². The van der Waals surface area contributed by atoms with Gasteiger partial charge in [-0.1, -0.05) is 84.0 Å². The first-order valence-electron chi connectivity index (χ1n) is 21.8. The average molecular weight is 866 g/mol. The number of carbonyl (C=O) groups excluding carboxylic acids is 6. The van der Waals surface area contributed by atoms with Crippen molar-refractivity contribution in [2.24, 2.45) is 10.8 Å². The quantitative estimate of drug-likeness (QED) is 0.161. The van der Waals surface area contributed by atoms with Gasteiger partial charge in [0.2, 0.25) is 23.6 Å². The summed E-state index contributed by atoms with van der Waals surface area (Å²) in [5, 5.41) is 11.7. The van der Waals surface area contributed by atoms with Gasteiger partial charge in [-0.2, -0.15) is 0 Å². The lowest BCUT2D eigenvalue weighted by molar-refractivity contribution is -0.140. The second-order valence-corrected chi connectivity index (χ2v) is 19.2. The topological polar surface area (TPSA) is 167 Å². The van der Waals surface area contributed by atoms with Gasteiger partial charge in [-0.25, -0.2) is 9.59 Å². The number of carbonyl (C=O) groups is 6. The number of para-hydroxylation sites is 1. The van der Waals surface area contributed by atoms with Gasteiger partial charge in [-0.3, -0.25) is 19.2 Å². The lowest BCUT2D eigenvalue weighted by Crippen LogP contribution is -2.58. The summed E-state index contributed by atoms with van der Waals surface area (Å²) < 4.78 is 0. The molecule has 4 N–H and O–H groups in total. The molecule has 2 fully saturated rings. The van der Waals surface area contributed by atoms with Gasteiger partial charge in [-0.15, -0.1) is 0 Å². The number of likely N-dealkylation sites (tertiary alicyclic amines) is 2. The van der Waals surface area contributed by atoms with Gasteiger partial charge in [0.15, 0.2) is 0 Å². The molecule has 0 spiro atoms. The van der Waals surface area contributed by atoms with E-state index in [1.165, 1.54) is 9.80 Å². The van der Waals surface area contributed by atoms with Gasteiger partial charge >= 0.3 is 12.1 Å². The summed E-state index contributed by atoms with van der Waals surface area (Å²) in [5.74, 6) is -1.07. The summed E-state index contributed by atoms with van der Waals surface area (Å²) in [6, 6.07) is 21.8. The molecule has 0 radical (unpaired) electrons. The van der Waals surface area contributed by atoms with E-state index in [9.17, 15) is 28.8 Å². The molecule has 2 saturated heterocycles. The van der Waals surface area contributed by atoms with Crippen LogP contribution in [0.3, 0.4) is 0 Å². The molecule has 15 heteroatoms. The van der Waals surface area contributed by atoms with Crippen molar-refractivity contribution < 1.29 is 28.8 Å². The van der Waals surface area contributed by atoms with Crippen molar-refractivity contribution in [3.63, 3.8) is 0 Å². The van der Waals surface area contributed by atoms with Crippen molar-refractivity contribution in [3.05, 3.63) is 90.0 Å². The zero-order valence-corrected chi connectivity index (χ0v) is 38.7. The molecule has 5 rings (SSSR count). The fourth-order valence-corrected chi connectivity index (χ4v) is 7.90. The molecular formula is C48H67N9O6. The number of nitrogens with one attached hydrogen (secondary N) is 4. The van der Waals surface area contributed by atoms with E-state index < -0.39 is 35.0 Å². The Balaban J connectivity index is 1.22. The number of anilines is 3. The molecule has 0 aromatic heterocycles. The van der Waals surface area contributed by atoms with Crippen molar-refractivity contribution in [2.75, 3.05) is 56.8 Å². The predicted octanol–water partition coefficient (Wildman–Crippen LogP) is 6.12. The van der Waals surface area contributed by atoms with E-state index in [0.717, 1.165) is 16.8 Å². The van der Waals surface area contributed by atoms with Crippen molar-refractivity contribution in [3.8, 4) is 0 Å². The number of benzene rings is 3. The van der Waals surface area contributed by atoms with Gasteiger partial charge < -0.3 is 45.8 Å². The first kappa shape index (κ1) is 47.9. The zero-order valence-electron chi connectivity index (χ0n) is 38.7. The van der Waals surface area contributed by atoms with Crippen LogP contribution in [0.4, 0.5) is 26.7 Å². The van der Waals surface area contributed by atoms with Crippen LogP contribution in [-0.4, -0.2) is 121 Å². The molecule has 8 amide bonds. The number of urea groups is 2. The Kier molecular flexibility index (Phi) is 15.5. The number of hydrogen-bond donors (Lipinski definition) is 4. The smallest absolute Gasteiger partial charge is 0.317 e. The molecule has 0 unspecified atom stereocenters. The first-order valence-corrected chi connectivity index (χ1v) is 21.8. The summed E-state index contributed by atoms with van der Waals surface area (Å²) in [6.45, 7) is 13.4. The molecule has 63 heavy (non-hydrogen) atoms. The highest BCUT2D eigenvalue weighted by Crippen LogP contribution is 2.29. The van der Waals surface area contributed by atoms with Gasteiger partial charge in [0, 0.05) is 71.4 Å². The van der Waals surface area contributed by atoms with Crippen LogP contribution in [0.15, 0.2) is 78.9 Å². The molecule has 3 aromatic carbocycles. The summed E-state index contributed by atoms with van der Waals surface area (Å²) in [7, 11) is 6.49. The molecule has 15 nitrogen and oxygen atoms in total. The van der Waals surface area contributed by atoms with Crippen LogP contribution in [-0.2, 0) is 32.3 Å². The summed E-state index contributed by atoms with van der Waals surface area (Å²) in [6.07, 6.45) is 2.44. The highest BCUT2D eigenvalue weighted by atomic mass is 16.2.